The van der Waals surface area contributed by atoms with Crippen molar-refractivity contribution in [2.24, 2.45) is 0 Å². The Labute approximate surface area is 173 Å². The lowest BCUT2D eigenvalue weighted by molar-refractivity contribution is 0.0938. The smallest absolute Gasteiger partial charge is 0.263 e. The van der Waals surface area contributed by atoms with Crippen molar-refractivity contribution in [2.45, 2.75) is 38.6 Å². The van der Waals surface area contributed by atoms with Crippen LogP contribution in [0.25, 0.3) is 21.6 Å². The first-order chi connectivity index (χ1) is 14.2. The molecule has 0 saturated heterocycles. The van der Waals surface area contributed by atoms with Crippen molar-refractivity contribution in [2.75, 3.05) is 0 Å². The van der Waals surface area contributed by atoms with Crippen LogP contribution < -0.4 is 5.32 Å². The van der Waals surface area contributed by atoms with E-state index in [9.17, 15) is 4.79 Å². The van der Waals surface area contributed by atoms with Crippen molar-refractivity contribution < 1.29 is 4.79 Å². The molecule has 0 bridgehead atoms. The second-order valence-electron chi connectivity index (χ2n) is 7.00. The van der Waals surface area contributed by atoms with Crippen LogP contribution in [-0.4, -0.2) is 31.9 Å². The number of nitrogens with zero attached hydrogens (tertiary/aromatic N) is 3. The van der Waals surface area contributed by atoms with Crippen LogP contribution in [0.1, 0.15) is 41.4 Å². The second kappa shape index (κ2) is 8.96. The highest BCUT2D eigenvalue weighted by Crippen LogP contribution is 2.24. The topological polar surface area (TPSA) is 83.6 Å². The monoisotopic (exact) mass is 405 g/mol. The van der Waals surface area contributed by atoms with Crippen molar-refractivity contribution in [3.63, 3.8) is 0 Å². The highest BCUT2D eigenvalue weighted by atomic mass is 32.1. The van der Waals surface area contributed by atoms with Gasteiger partial charge in [0.1, 0.15) is 15.6 Å². The normalized spacial score (nSPS) is 12.2. The van der Waals surface area contributed by atoms with Gasteiger partial charge in [-0.25, -0.2) is 4.98 Å². The van der Waals surface area contributed by atoms with Crippen molar-refractivity contribution in [3.05, 3.63) is 65.7 Å². The van der Waals surface area contributed by atoms with Gasteiger partial charge >= 0.3 is 0 Å². The number of unbranched alkanes of at least 4 members (excludes halogenated alkanes) is 1. The average molecular weight is 406 g/mol. The van der Waals surface area contributed by atoms with Gasteiger partial charge in [-0.3, -0.25) is 14.8 Å². The fraction of sp³-hybridized carbons (Fsp3) is 0.273. The Morgan fingerprint density at radius 3 is 2.93 bits per heavy atom. The van der Waals surface area contributed by atoms with Crippen LogP contribution in [0, 0.1) is 0 Å². The summed E-state index contributed by atoms with van der Waals surface area (Å²) >= 11 is 1.34. The molecule has 0 aliphatic heterocycles. The molecule has 148 valence electrons. The van der Waals surface area contributed by atoms with Gasteiger partial charge in [-0.1, -0.05) is 38.0 Å². The zero-order valence-electron chi connectivity index (χ0n) is 16.3. The SMILES string of the molecule is CCCCC(Cc1c[nH]c2ccccc12)NC(=O)c1cnc(-c2cnccn2)s1. The Balaban J connectivity index is 1.49. The molecule has 0 aliphatic carbocycles. The lowest BCUT2D eigenvalue weighted by Crippen LogP contribution is -2.36. The minimum absolute atomic E-state index is 0.0729. The molecular weight excluding hydrogens is 382 g/mol. The average Bonchev–Trinajstić information content (AvgIpc) is 3.41. The molecule has 1 unspecified atom stereocenters. The summed E-state index contributed by atoms with van der Waals surface area (Å²) < 4.78 is 0. The summed E-state index contributed by atoms with van der Waals surface area (Å²) in [5, 5.41) is 5.13. The summed E-state index contributed by atoms with van der Waals surface area (Å²) in [4.78, 5) is 29.4. The minimum atomic E-state index is -0.0846. The lowest BCUT2D eigenvalue weighted by Gasteiger charge is -2.18. The van der Waals surface area contributed by atoms with Crippen LogP contribution in [0.2, 0.25) is 0 Å². The summed E-state index contributed by atoms with van der Waals surface area (Å²) in [6.45, 7) is 2.17. The van der Waals surface area contributed by atoms with Crippen molar-refractivity contribution in [3.8, 4) is 10.7 Å². The van der Waals surface area contributed by atoms with Gasteiger partial charge in [-0.15, -0.1) is 11.3 Å². The first-order valence-corrected chi connectivity index (χ1v) is 10.6. The molecule has 0 fully saturated rings. The third kappa shape index (κ3) is 4.51. The van der Waals surface area contributed by atoms with E-state index < -0.39 is 0 Å². The van der Waals surface area contributed by atoms with Crippen molar-refractivity contribution >= 4 is 28.1 Å². The number of aromatic amines is 1. The number of hydrogen-bond acceptors (Lipinski definition) is 5. The highest BCUT2D eigenvalue weighted by Gasteiger charge is 2.18. The quantitative estimate of drug-likeness (QED) is 0.448. The van der Waals surface area contributed by atoms with Gasteiger partial charge in [0, 0.05) is 35.5 Å². The fourth-order valence-electron chi connectivity index (χ4n) is 3.41. The number of para-hydroxylation sites is 1. The van der Waals surface area contributed by atoms with E-state index in [1.54, 1.807) is 24.8 Å². The largest absolute Gasteiger partial charge is 0.361 e. The number of carbonyl (C=O) groups is 1. The second-order valence-corrected chi connectivity index (χ2v) is 8.03. The summed E-state index contributed by atoms with van der Waals surface area (Å²) in [6, 6.07) is 8.34. The molecule has 1 aromatic carbocycles. The molecule has 1 amide bonds. The number of hydrogen-bond donors (Lipinski definition) is 2. The molecule has 0 spiro atoms. The summed E-state index contributed by atoms with van der Waals surface area (Å²) in [5.41, 5.74) is 3.03. The molecule has 1 atom stereocenters. The van der Waals surface area contributed by atoms with E-state index in [1.165, 1.54) is 22.3 Å². The first kappa shape index (κ1) is 19.3. The molecule has 0 radical (unpaired) electrons. The Kier molecular flexibility index (Phi) is 5.95. The molecule has 4 aromatic rings. The fourth-order valence-corrected chi connectivity index (χ4v) is 4.19. The van der Waals surface area contributed by atoms with E-state index in [-0.39, 0.29) is 11.9 Å². The van der Waals surface area contributed by atoms with E-state index in [1.807, 2.05) is 12.1 Å². The number of fused-ring (bicyclic) bond motifs is 1. The van der Waals surface area contributed by atoms with Gasteiger partial charge in [0.15, 0.2) is 0 Å². The van der Waals surface area contributed by atoms with E-state index in [0.717, 1.165) is 31.2 Å². The molecule has 3 heterocycles. The van der Waals surface area contributed by atoms with Crippen LogP contribution >= 0.6 is 11.3 Å². The van der Waals surface area contributed by atoms with Crippen LogP contribution in [-0.2, 0) is 6.42 Å². The molecule has 6 nitrogen and oxygen atoms in total. The van der Waals surface area contributed by atoms with Gasteiger partial charge in [-0.2, -0.15) is 0 Å². The zero-order chi connectivity index (χ0) is 20.1. The Hall–Kier alpha value is -3.06. The number of amides is 1. The molecule has 0 aliphatic rings. The maximum absolute atomic E-state index is 12.9. The molecular formula is C22H23N5OS. The van der Waals surface area contributed by atoms with E-state index in [0.29, 0.717) is 15.6 Å². The number of H-pyrrole nitrogens is 1. The van der Waals surface area contributed by atoms with Gasteiger partial charge in [0.25, 0.3) is 5.91 Å². The molecule has 4 rings (SSSR count). The predicted octanol–water partition coefficient (Wildman–Crippen LogP) is 4.61. The zero-order valence-corrected chi connectivity index (χ0v) is 17.1. The summed E-state index contributed by atoms with van der Waals surface area (Å²) in [5.74, 6) is -0.0846. The number of rotatable bonds is 8. The maximum Gasteiger partial charge on any atom is 0.263 e. The van der Waals surface area contributed by atoms with Crippen LogP contribution in [0.3, 0.4) is 0 Å². The molecule has 2 N–H and O–H groups in total. The van der Waals surface area contributed by atoms with E-state index in [2.05, 4.69) is 50.5 Å². The third-order valence-electron chi connectivity index (χ3n) is 4.89. The third-order valence-corrected chi connectivity index (χ3v) is 5.91. The number of thiazole rings is 1. The lowest BCUT2D eigenvalue weighted by atomic mass is 10.0. The van der Waals surface area contributed by atoms with Crippen molar-refractivity contribution in [1.82, 2.24) is 25.3 Å². The van der Waals surface area contributed by atoms with Crippen LogP contribution in [0.4, 0.5) is 0 Å². The van der Waals surface area contributed by atoms with Gasteiger partial charge < -0.3 is 10.3 Å². The maximum atomic E-state index is 12.9. The standard InChI is InChI=1S/C22H23N5OS/c1-2-3-6-16(11-15-12-25-18-8-5-4-7-17(15)18)27-21(28)20-14-26-22(29-20)19-13-23-9-10-24-19/h4-5,7-10,12-14,16,25H,2-3,6,11H2,1H3,(H,27,28). The summed E-state index contributed by atoms with van der Waals surface area (Å²) in [7, 11) is 0. The highest BCUT2D eigenvalue weighted by molar-refractivity contribution is 7.16. The van der Waals surface area contributed by atoms with Crippen LogP contribution in [0.15, 0.2) is 55.2 Å². The first-order valence-electron chi connectivity index (χ1n) is 9.82. The van der Waals surface area contributed by atoms with E-state index in [4.69, 9.17) is 0 Å². The van der Waals surface area contributed by atoms with Gasteiger partial charge in [0.2, 0.25) is 0 Å². The molecule has 7 heteroatoms. The van der Waals surface area contributed by atoms with Crippen LogP contribution in [0.5, 0.6) is 0 Å². The Bertz CT molecular complexity index is 1090. The van der Waals surface area contributed by atoms with Crippen molar-refractivity contribution in [1.29, 1.82) is 0 Å². The Morgan fingerprint density at radius 2 is 2.10 bits per heavy atom. The molecule has 3 aromatic heterocycles. The number of carbonyl (C=O) groups excluding carboxylic acids is 1. The summed E-state index contributed by atoms with van der Waals surface area (Å²) in [6.07, 6.45) is 12.5. The van der Waals surface area contributed by atoms with Gasteiger partial charge in [-0.05, 0) is 24.5 Å². The number of aromatic nitrogens is 4. The number of benzene rings is 1. The number of nitrogens with one attached hydrogen (secondary N) is 2. The van der Waals surface area contributed by atoms with E-state index >= 15 is 0 Å². The van der Waals surface area contributed by atoms with Gasteiger partial charge in [0.05, 0.1) is 12.4 Å². The molecule has 0 saturated carbocycles. The predicted molar refractivity (Wildman–Crippen MR) is 116 cm³/mol. The molecule has 29 heavy (non-hydrogen) atoms. The minimum Gasteiger partial charge on any atom is -0.361 e. The Morgan fingerprint density at radius 1 is 1.21 bits per heavy atom.